The van der Waals surface area contributed by atoms with Gasteiger partial charge in [0.25, 0.3) is 0 Å². The van der Waals surface area contributed by atoms with Crippen LogP contribution in [0, 0.1) is 0 Å². The van der Waals surface area contributed by atoms with E-state index in [4.69, 9.17) is 16.3 Å². The van der Waals surface area contributed by atoms with Crippen molar-refractivity contribution in [3.8, 4) is 0 Å². The zero-order chi connectivity index (χ0) is 25.7. The van der Waals surface area contributed by atoms with Crippen LogP contribution in [0.25, 0.3) is 0 Å². The molecule has 10 heteroatoms. The molecule has 0 spiro atoms. The smallest absolute Gasteiger partial charge is 0.338 e. The molecule has 0 radical (unpaired) electrons. The Hall–Kier alpha value is -2.78. The Balaban J connectivity index is 1.93. The monoisotopic (exact) mass is 505 g/mol. The summed E-state index contributed by atoms with van der Waals surface area (Å²) in [6.07, 6.45) is 0. The number of likely N-dealkylation sites (N-methyl/N-ethyl adjacent to an activating group) is 1. The van der Waals surface area contributed by atoms with Gasteiger partial charge in [-0.25, -0.2) is 14.4 Å². The summed E-state index contributed by atoms with van der Waals surface area (Å²) < 4.78 is 5.43. The van der Waals surface area contributed by atoms with E-state index in [1.807, 2.05) is 32.6 Å². The topological polar surface area (TPSA) is 94.2 Å². The van der Waals surface area contributed by atoms with Crippen molar-refractivity contribution in [3.63, 3.8) is 0 Å². The Morgan fingerprint density at radius 3 is 2.46 bits per heavy atom. The summed E-state index contributed by atoms with van der Waals surface area (Å²) in [5.74, 6) is -0.455. The van der Waals surface area contributed by atoms with Crippen molar-refractivity contribution < 1.29 is 19.1 Å². The van der Waals surface area contributed by atoms with E-state index in [0.29, 0.717) is 49.0 Å². The predicted octanol–water partition coefficient (Wildman–Crippen LogP) is 3.37. The Labute approximate surface area is 212 Å². The van der Waals surface area contributed by atoms with E-state index in [0.717, 1.165) is 5.56 Å². The van der Waals surface area contributed by atoms with Gasteiger partial charge in [-0.3, -0.25) is 9.80 Å². The number of amides is 4. The van der Waals surface area contributed by atoms with E-state index in [9.17, 15) is 14.4 Å². The Kier molecular flexibility index (Phi) is 9.02. The lowest BCUT2D eigenvalue weighted by atomic mass is 9.94. The molecule has 1 aromatic carbocycles. The van der Waals surface area contributed by atoms with Crippen molar-refractivity contribution in [1.82, 2.24) is 25.3 Å². The zero-order valence-corrected chi connectivity index (χ0v) is 21.9. The third-order valence-corrected chi connectivity index (χ3v) is 6.46. The van der Waals surface area contributed by atoms with Crippen LogP contribution in [0.15, 0.2) is 35.5 Å². The van der Waals surface area contributed by atoms with E-state index in [1.165, 1.54) is 0 Å². The Morgan fingerprint density at radius 2 is 1.89 bits per heavy atom. The number of hydrogen-bond donors (Lipinski definition) is 2. The molecule has 2 atom stereocenters. The van der Waals surface area contributed by atoms with Gasteiger partial charge in [0.2, 0.25) is 0 Å². The van der Waals surface area contributed by atoms with E-state index < -0.39 is 12.0 Å². The van der Waals surface area contributed by atoms with Crippen LogP contribution in [0.2, 0.25) is 5.02 Å². The second kappa shape index (κ2) is 11.8. The quantitative estimate of drug-likeness (QED) is 0.554. The number of hydrogen-bond acceptors (Lipinski definition) is 5. The van der Waals surface area contributed by atoms with E-state index in [1.54, 1.807) is 36.1 Å². The van der Waals surface area contributed by atoms with Gasteiger partial charge in [-0.15, -0.1) is 0 Å². The molecular formula is C25H36ClN5O4. The summed E-state index contributed by atoms with van der Waals surface area (Å²) in [4.78, 5) is 44.5. The molecule has 0 bridgehead atoms. The van der Waals surface area contributed by atoms with Crippen molar-refractivity contribution in [1.29, 1.82) is 0 Å². The van der Waals surface area contributed by atoms with Crippen molar-refractivity contribution in [2.45, 2.75) is 52.7 Å². The molecule has 1 aromatic rings. The highest BCUT2D eigenvalue weighted by molar-refractivity contribution is 6.30. The van der Waals surface area contributed by atoms with Gasteiger partial charge in [0.15, 0.2) is 0 Å². The minimum absolute atomic E-state index is 0.0197. The predicted molar refractivity (Wildman–Crippen MR) is 135 cm³/mol. The van der Waals surface area contributed by atoms with E-state index in [-0.39, 0.29) is 30.8 Å². The van der Waals surface area contributed by atoms with Crippen molar-refractivity contribution in [2.75, 3.05) is 39.3 Å². The highest BCUT2D eigenvalue weighted by atomic mass is 35.5. The molecule has 2 aliphatic rings. The van der Waals surface area contributed by atoms with Crippen LogP contribution in [-0.2, 0) is 9.53 Å². The van der Waals surface area contributed by atoms with Gasteiger partial charge in [0, 0.05) is 55.5 Å². The third kappa shape index (κ3) is 6.27. The van der Waals surface area contributed by atoms with Gasteiger partial charge >= 0.3 is 18.0 Å². The fraction of sp³-hybridized carbons (Fsp3) is 0.560. The average molecular weight is 506 g/mol. The van der Waals surface area contributed by atoms with Crippen LogP contribution in [0.4, 0.5) is 9.59 Å². The number of rotatable bonds is 7. The minimum atomic E-state index is -0.646. The van der Waals surface area contributed by atoms with Crippen LogP contribution >= 0.6 is 11.6 Å². The molecule has 0 aliphatic carbocycles. The maximum atomic E-state index is 13.2. The number of carbonyl (C=O) groups is 3. The first-order valence-electron chi connectivity index (χ1n) is 12.2. The van der Waals surface area contributed by atoms with Crippen LogP contribution in [0.1, 0.15) is 46.2 Å². The number of benzene rings is 1. The van der Waals surface area contributed by atoms with Crippen LogP contribution in [0.3, 0.4) is 0 Å². The lowest BCUT2D eigenvalue weighted by Gasteiger charge is -2.43. The number of carbonyl (C=O) groups excluding carboxylic acids is 3. The first kappa shape index (κ1) is 26.8. The SMILES string of the molecule is CCOC(=O)C1=C(CN2CCN(C(=O)NC(C)C)C(C)C2)N(CC)C(=O)NC1c1ccc(Cl)cc1. The summed E-state index contributed by atoms with van der Waals surface area (Å²) in [5.41, 5.74) is 1.80. The number of nitrogens with one attached hydrogen (secondary N) is 2. The van der Waals surface area contributed by atoms with Crippen LogP contribution in [0.5, 0.6) is 0 Å². The molecule has 2 aliphatic heterocycles. The summed E-state index contributed by atoms with van der Waals surface area (Å²) in [6, 6.07) is 6.14. The number of nitrogens with zero attached hydrogens (tertiary/aromatic N) is 3. The van der Waals surface area contributed by atoms with Crippen molar-refractivity contribution in [2.24, 2.45) is 0 Å². The molecule has 9 nitrogen and oxygen atoms in total. The molecule has 0 aromatic heterocycles. The van der Waals surface area contributed by atoms with Gasteiger partial charge in [0.05, 0.1) is 18.2 Å². The van der Waals surface area contributed by atoms with Crippen LogP contribution in [-0.4, -0.2) is 84.1 Å². The first-order valence-corrected chi connectivity index (χ1v) is 12.6. The van der Waals surface area contributed by atoms with Gasteiger partial charge < -0.3 is 20.3 Å². The molecule has 2 heterocycles. The van der Waals surface area contributed by atoms with Crippen molar-refractivity contribution >= 4 is 29.6 Å². The standard InChI is InChI=1S/C25H36ClN5O4/c1-6-30-20(15-29-12-13-31(17(5)14-29)24(33)27-16(3)4)21(23(32)35-7-2)22(28-25(30)34)18-8-10-19(26)11-9-18/h8-11,16-17,22H,6-7,12-15H2,1-5H3,(H,27,33)(H,28,34). The molecule has 1 fully saturated rings. The minimum Gasteiger partial charge on any atom is -0.463 e. The molecule has 1 saturated heterocycles. The highest BCUT2D eigenvalue weighted by Crippen LogP contribution is 2.33. The summed E-state index contributed by atoms with van der Waals surface area (Å²) in [7, 11) is 0. The third-order valence-electron chi connectivity index (χ3n) is 6.21. The number of piperazine rings is 1. The summed E-state index contributed by atoms with van der Waals surface area (Å²) in [6.45, 7) is 12.3. The fourth-order valence-corrected chi connectivity index (χ4v) is 4.71. The molecule has 2 unspecified atom stereocenters. The van der Waals surface area contributed by atoms with Gasteiger partial charge in [0.1, 0.15) is 0 Å². The number of urea groups is 2. The molecule has 192 valence electrons. The van der Waals surface area contributed by atoms with Crippen LogP contribution < -0.4 is 10.6 Å². The van der Waals surface area contributed by atoms with Gasteiger partial charge in [-0.05, 0) is 52.3 Å². The molecule has 35 heavy (non-hydrogen) atoms. The second-order valence-corrected chi connectivity index (χ2v) is 9.58. The van der Waals surface area contributed by atoms with Gasteiger partial charge in [-0.2, -0.15) is 0 Å². The molecule has 4 amide bonds. The Morgan fingerprint density at radius 1 is 1.20 bits per heavy atom. The molecule has 3 rings (SSSR count). The number of halogens is 1. The zero-order valence-electron chi connectivity index (χ0n) is 21.1. The maximum absolute atomic E-state index is 13.2. The second-order valence-electron chi connectivity index (χ2n) is 9.14. The largest absolute Gasteiger partial charge is 0.463 e. The van der Waals surface area contributed by atoms with Crippen molar-refractivity contribution in [3.05, 3.63) is 46.1 Å². The van der Waals surface area contributed by atoms with Gasteiger partial charge in [-0.1, -0.05) is 23.7 Å². The molecular weight excluding hydrogens is 470 g/mol. The normalized spacial score (nSPS) is 21.3. The summed E-state index contributed by atoms with van der Waals surface area (Å²) in [5, 5.41) is 6.49. The molecule has 2 N–H and O–H groups in total. The fourth-order valence-electron chi connectivity index (χ4n) is 4.58. The first-order chi connectivity index (χ1) is 16.7. The van der Waals surface area contributed by atoms with E-state index >= 15 is 0 Å². The lowest BCUT2D eigenvalue weighted by Crippen LogP contribution is -2.58. The lowest BCUT2D eigenvalue weighted by molar-refractivity contribution is -0.139. The maximum Gasteiger partial charge on any atom is 0.338 e. The Bertz CT molecular complexity index is 965. The number of ether oxygens (including phenoxy) is 1. The highest BCUT2D eigenvalue weighted by Gasteiger charge is 2.39. The molecule has 0 saturated carbocycles. The number of esters is 1. The summed E-state index contributed by atoms with van der Waals surface area (Å²) >= 11 is 6.07. The average Bonchev–Trinajstić information content (AvgIpc) is 2.79. The van der Waals surface area contributed by atoms with E-state index in [2.05, 4.69) is 15.5 Å².